The van der Waals surface area contributed by atoms with Gasteiger partial charge in [0.15, 0.2) is 14.8 Å². The molecule has 0 spiro atoms. The molecule has 1 N–H and O–H groups in total. The summed E-state index contributed by atoms with van der Waals surface area (Å²) in [5.41, 5.74) is 0.211. The summed E-state index contributed by atoms with van der Waals surface area (Å²) >= 11 is 0. The minimum absolute atomic E-state index is 0.211. The van der Waals surface area contributed by atoms with E-state index in [0.717, 1.165) is 0 Å². The number of hydrogen-bond donors (Lipinski definition) is 1. The summed E-state index contributed by atoms with van der Waals surface area (Å²) in [7, 11) is -1.17. The first kappa shape index (κ1) is 11.9. The van der Waals surface area contributed by atoms with E-state index in [1.165, 1.54) is 0 Å². The molecule has 0 aromatic carbocycles. The van der Waals surface area contributed by atoms with Gasteiger partial charge < -0.3 is 9.53 Å². The third-order valence-electron chi connectivity index (χ3n) is 2.65. The predicted molar refractivity (Wildman–Crippen MR) is 61.6 cm³/mol. The highest BCUT2D eigenvalue weighted by Crippen LogP contribution is 2.39. The molecule has 1 aliphatic carbocycles. The summed E-state index contributed by atoms with van der Waals surface area (Å²) in [4.78, 5) is 0. The first-order valence-corrected chi connectivity index (χ1v) is 8.10. The summed E-state index contributed by atoms with van der Waals surface area (Å²) in [5.74, 6) is -0.557. The maximum absolute atomic E-state index is 10.1. The smallest absolute Gasteiger partial charge is 0.176 e. The molecule has 0 aromatic rings. The number of allylic oxidation sites excluding steroid dienone is 1. The van der Waals surface area contributed by atoms with Crippen molar-refractivity contribution in [1.82, 2.24) is 0 Å². The molecule has 14 heavy (non-hydrogen) atoms. The lowest BCUT2D eigenvalue weighted by Gasteiger charge is -2.30. The van der Waals surface area contributed by atoms with Crippen molar-refractivity contribution in [3.05, 3.63) is 12.2 Å². The Morgan fingerprint density at radius 3 is 2.36 bits per heavy atom. The molecule has 0 heterocycles. The van der Waals surface area contributed by atoms with Crippen LogP contribution in [0.15, 0.2) is 12.2 Å². The van der Waals surface area contributed by atoms with Gasteiger partial charge >= 0.3 is 0 Å². The Bertz CT molecular complexity index is 230. The van der Waals surface area contributed by atoms with Gasteiger partial charge in [-0.05, 0) is 30.5 Å². The van der Waals surface area contributed by atoms with E-state index in [0.29, 0.717) is 12.3 Å². The van der Waals surface area contributed by atoms with E-state index in [1.54, 1.807) is 0 Å². The van der Waals surface area contributed by atoms with Crippen molar-refractivity contribution in [2.24, 2.45) is 11.3 Å². The van der Waals surface area contributed by atoms with Crippen molar-refractivity contribution in [2.75, 3.05) is 0 Å². The second-order valence-electron chi connectivity index (χ2n) is 5.55. The van der Waals surface area contributed by atoms with Crippen LogP contribution in [0.2, 0.25) is 13.1 Å². The fourth-order valence-electron chi connectivity index (χ4n) is 1.81. The van der Waals surface area contributed by atoms with Crippen molar-refractivity contribution >= 4 is 9.04 Å². The van der Waals surface area contributed by atoms with Crippen LogP contribution in [-0.2, 0) is 4.43 Å². The molecule has 0 saturated carbocycles. The van der Waals surface area contributed by atoms with Crippen LogP contribution in [-0.4, -0.2) is 19.9 Å². The molecule has 0 amide bonds. The van der Waals surface area contributed by atoms with Gasteiger partial charge in [0, 0.05) is 6.42 Å². The van der Waals surface area contributed by atoms with Crippen LogP contribution in [0.3, 0.4) is 0 Å². The molecule has 82 valence electrons. The van der Waals surface area contributed by atoms with Crippen molar-refractivity contribution in [2.45, 2.75) is 46.1 Å². The maximum Gasteiger partial charge on any atom is 0.176 e. The lowest BCUT2D eigenvalue weighted by atomic mass is 9.80. The topological polar surface area (TPSA) is 29.5 Å². The predicted octanol–water partition coefficient (Wildman–Crippen LogP) is 2.30. The number of rotatable bonds is 2. The molecule has 0 saturated heterocycles. The molecule has 2 atom stereocenters. The minimum atomic E-state index is -1.17. The second kappa shape index (κ2) is 3.80. The zero-order valence-corrected chi connectivity index (χ0v) is 11.0. The van der Waals surface area contributed by atoms with Gasteiger partial charge in [0.05, 0.1) is 0 Å². The molecular formula is C11H22O2Si. The minimum Gasteiger partial charge on any atom is -0.391 e. The van der Waals surface area contributed by atoms with Crippen LogP contribution < -0.4 is 0 Å². The summed E-state index contributed by atoms with van der Waals surface area (Å²) < 4.78 is 5.63. The summed E-state index contributed by atoms with van der Waals surface area (Å²) in [6.45, 7) is 10.7. The highest BCUT2D eigenvalue weighted by molar-refractivity contribution is 6.48. The normalized spacial score (nSPS) is 32.9. The first-order valence-electron chi connectivity index (χ1n) is 5.32. The number of hydrogen-bond acceptors (Lipinski definition) is 2. The molecule has 0 radical (unpaired) electrons. The van der Waals surface area contributed by atoms with Gasteiger partial charge in [0.2, 0.25) is 0 Å². The lowest BCUT2D eigenvalue weighted by molar-refractivity contribution is -0.106. The Morgan fingerprint density at radius 1 is 1.43 bits per heavy atom. The van der Waals surface area contributed by atoms with Crippen molar-refractivity contribution in [3.63, 3.8) is 0 Å². The van der Waals surface area contributed by atoms with Gasteiger partial charge in [-0.25, -0.2) is 0 Å². The van der Waals surface area contributed by atoms with E-state index in [1.807, 2.05) is 6.08 Å². The van der Waals surface area contributed by atoms with Crippen LogP contribution in [0.4, 0.5) is 0 Å². The lowest BCUT2D eigenvalue weighted by Crippen LogP contribution is -2.35. The average Bonchev–Trinajstić information content (AvgIpc) is 2.28. The van der Waals surface area contributed by atoms with Crippen LogP contribution in [0, 0.1) is 11.3 Å². The molecule has 2 nitrogen and oxygen atoms in total. The first-order chi connectivity index (χ1) is 6.23. The maximum atomic E-state index is 10.1. The number of aliphatic hydroxyl groups is 1. The fourth-order valence-corrected chi connectivity index (χ4v) is 2.80. The van der Waals surface area contributed by atoms with Crippen molar-refractivity contribution < 1.29 is 9.53 Å². The summed E-state index contributed by atoms with van der Waals surface area (Å²) in [5, 5.41) is 10.1. The van der Waals surface area contributed by atoms with Crippen LogP contribution in [0.5, 0.6) is 0 Å². The second-order valence-corrected chi connectivity index (χ2v) is 7.88. The van der Waals surface area contributed by atoms with Gasteiger partial charge in [-0.3, -0.25) is 0 Å². The molecular weight excluding hydrogens is 192 g/mol. The van der Waals surface area contributed by atoms with E-state index >= 15 is 0 Å². The third kappa shape index (κ3) is 2.94. The highest BCUT2D eigenvalue weighted by Gasteiger charge is 2.38. The fraction of sp³-hybridized carbons (Fsp3) is 0.818. The largest absolute Gasteiger partial charge is 0.391 e. The SMILES string of the molecule is C[SiH](C)O[C@@]1(O)C=C[C@@H](C(C)(C)C)C1. The van der Waals surface area contributed by atoms with Crippen molar-refractivity contribution in [1.29, 1.82) is 0 Å². The van der Waals surface area contributed by atoms with E-state index in [4.69, 9.17) is 4.43 Å². The van der Waals surface area contributed by atoms with Gasteiger partial charge in [0.25, 0.3) is 0 Å². The molecule has 3 heteroatoms. The Morgan fingerprint density at radius 2 is 2.00 bits per heavy atom. The average molecular weight is 214 g/mol. The molecule has 1 aliphatic rings. The molecule has 0 bridgehead atoms. The van der Waals surface area contributed by atoms with E-state index < -0.39 is 14.8 Å². The third-order valence-corrected chi connectivity index (χ3v) is 3.53. The van der Waals surface area contributed by atoms with Gasteiger partial charge in [-0.15, -0.1) is 0 Å². The zero-order valence-electron chi connectivity index (χ0n) is 9.87. The van der Waals surface area contributed by atoms with Gasteiger partial charge in [-0.2, -0.15) is 0 Å². The highest BCUT2D eigenvalue weighted by atomic mass is 28.3. The Labute approximate surface area is 88.7 Å². The summed E-state index contributed by atoms with van der Waals surface area (Å²) in [6, 6.07) is 0. The Balaban J connectivity index is 2.62. The molecule has 0 fully saturated rings. The monoisotopic (exact) mass is 214 g/mol. The molecule has 1 rings (SSSR count). The summed E-state index contributed by atoms with van der Waals surface area (Å²) in [6.07, 6.45) is 4.63. The molecule has 0 unspecified atom stereocenters. The van der Waals surface area contributed by atoms with E-state index in [9.17, 15) is 5.11 Å². The van der Waals surface area contributed by atoms with Crippen LogP contribution in [0.25, 0.3) is 0 Å². The molecule has 0 aliphatic heterocycles. The van der Waals surface area contributed by atoms with Gasteiger partial charge in [-0.1, -0.05) is 26.8 Å². The Hall–Kier alpha value is -0.123. The Kier molecular flexibility index (Phi) is 3.24. The van der Waals surface area contributed by atoms with E-state index in [-0.39, 0.29) is 5.41 Å². The van der Waals surface area contributed by atoms with Crippen molar-refractivity contribution in [3.8, 4) is 0 Å². The zero-order chi connectivity index (χ0) is 11.0. The van der Waals surface area contributed by atoms with Gasteiger partial charge in [0.1, 0.15) is 0 Å². The molecule has 0 aromatic heterocycles. The standard InChI is InChI=1S/C11H22O2Si/c1-10(2,3)9-6-7-11(12,8-9)13-14(4)5/h6-7,9,12,14H,8H2,1-5H3/t9-,11+/m1/s1. The van der Waals surface area contributed by atoms with Crippen LogP contribution >= 0.6 is 0 Å². The van der Waals surface area contributed by atoms with Crippen LogP contribution in [0.1, 0.15) is 27.2 Å². The van der Waals surface area contributed by atoms with E-state index in [2.05, 4.69) is 39.9 Å². The quantitative estimate of drug-likeness (QED) is 0.434.